The maximum Gasteiger partial charge on any atom is 0.190 e. The van der Waals surface area contributed by atoms with Gasteiger partial charge in [-0.15, -0.1) is 24.0 Å². The molecule has 1 aliphatic heterocycles. The first-order valence-corrected chi connectivity index (χ1v) is 11.2. The summed E-state index contributed by atoms with van der Waals surface area (Å²) in [5.74, 6) is 1.94. The Morgan fingerprint density at radius 2 is 1.90 bits per heavy atom. The van der Waals surface area contributed by atoms with E-state index in [2.05, 4.69) is 33.8 Å². The number of unbranched alkanes of at least 4 members (excludes halogenated alkanes) is 1. The van der Waals surface area contributed by atoms with Gasteiger partial charge in [-0.05, 0) is 49.3 Å². The molecule has 1 aromatic carbocycles. The molecule has 164 valence electrons. The first-order chi connectivity index (χ1) is 13.8. The topological polar surface area (TPSA) is 54.9 Å². The number of hydrogen-bond donors (Lipinski definition) is 2. The van der Waals surface area contributed by atoms with Gasteiger partial charge in [0.25, 0.3) is 0 Å². The van der Waals surface area contributed by atoms with Crippen molar-refractivity contribution in [2.24, 2.45) is 4.99 Å². The predicted octanol–water partition coefficient (Wildman–Crippen LogP) is 4.47. The van der Waals surface area contributed by atoms with Crippen molar-refractivity contribution in [1.29, 1.82) is 0 Å². The number of aliphatic imine (C=N–C) groups is 1. The molecule has 0 atom stereocenters. The highest BCUT2D eigenvalue weighted by molar-refractivity contribution is 14.0. The van der Waals surface area contributed by atoms with Crippen LogP contribution in [0.5, 0.6) is 5.75 Å². The van der Waals surface area contributed by atoms with Gasteiger partial charge in [0, 0.05) is 33.2 Å². The van der Waals surface area contributed by atoms with Crippen LogP contribution in [0.2, 0.25) is 0 Å². The monoisotopic (exact) mass is 515 g/mol. The van der Waals surface area contributed by atoms with Crippen molar-refractivity contribution in [2.45, 2.75) is 70.3 Å². The highest BCUT2D eigenvalue weighted by atomic mass is 127. The second-order valence-electron chi connectivity index (χ2n) is 7.91. The molecule has 0 bridgehead atoms. The van der Waals surface area contributed by atoms with E-state index in [4.69, 9.17) is 9.47 Å². The van der Waals surface area contributed by atoms with Gasteiger partial charge in [0.05, 0.1) is 12.7 Å². The molecule has 0 aromatic heterocycles. The van der Waals surface area contributed by atoms with Crippen LogP contribution in [0.15, 0.2) is 23.2 Å². The van der Waals surface area contributed by atoms with Crippen molar-refractivity contribution in [3.63, 3.8) is 0 Å². The molecule has 3 rings (SSSR count). The number of rotatable bonds is 9. The van der Waals surface area contributed by atoms with Gasteiger partial charge in [-0.25, -0.2) is 0 Å². The number of halogens is 1. The Hall–Kier alpha value is -1.02. The van der Waals surface area contributed by atoms with Crippen LogP contribution < -0.4 is 15.4 Å². The summed E-state index contributed by atoms with van der Waals surface area (Å²) in [6.07, 6.45) is 12.7. The normalized spacial score (nSPS) is 17.1. The third-order valence-electron chi connectivity index (χ3n) is 5.70. The minimum absolute atomic E-state index is 0. The zero-order valence-corrected chi connectivity index (χ0v) is 20.2. The van der Waals surface area contributed by atoms with E-state index >= 15 is 0 Å². The molecule has 1 heterocycles. The number of hydrogen-bond acceptors (Lipinski definition) is 3. The van der Waals surface area contributed by atoms with Gasteiger partial charge in [-0.1, -0.05) is 37.8 Å². The standard InChI is InChI=1S/C23H37N3O2.HI/c1-24-23(25-14-6-7-16-27-21-8-4-2-3-5-9-21)26-15-12-19-10-11-22-20(18-19)13-17-28-22;/h10-11,18,21H,2-9,12-17H2,1H3,(H2,24,25,26);1H. The molecular weight excluding hydrogens is 477 g/mol. The SMILES string of the molecule is CN=C(NCCCCOC1CCCCCC1)NCCc1ccc2c(c1)CCO2.I. The zero-order valence-electron chi connectivity index (χ0n) is 17.9. The molecule has 0 unspecified atom stereocenters. The second kappa shape index (κ2) is 14.1. The second-order valence-corrected chi connectivity index (χ2v) is 7.91. The number of ether oxygens (including phenoxy) is 2. The Morgan fingerprint density at radius 3 is 2.69 bits per heavy atom. The molecule has 1 aliphatic carbocycles. The maximum absolute atomic E-state index is 6.06. The van der Waals surface area contributed by atoms with Crippen molar-refractivity contribution >= 4 is 29.9 Å². The first-order valence-electron chi connectivity index (χ1n) is 11.2. The maximum atomic E-state index is 6.06. The van der Waals surface area contributed by atoms with Crippen LogP contribution in [0.4, 0.5) is 0 Å². The highest BCUT2D eigenvalue weighted by Gasteiger charge is 2.12. The van der Waals surface area contributed by atoms with E-state index in [1.165, 1.54) is 49.7 Å². The first kappa shape index (κ1) is 24.3. The number of fused-ring (bicyclic) bond motifs is 1. The van der Waals surface area contributed by atoms with Crippen molar-refractivity contribution in [2.75, 3.05) is 33.4 Å². The van der Waals surface area contributed by atoms with E-state index in [9.17, 15) is 0 Å². The predicted molar refractivity (Wildman–Crippen MR) is 131 cm³/mol. The summed E-state index contributed by atoms with van der Waals surface area (Å²) in [4.78, 5) is 4.32. The van der Waals surface area contributed by atoms with Gasteiger partial charge >= 0.3 is 0 Å². The summed E-state index contributed by atoms with van der Waals surface area (Å²) in [5, 5.41) is 6.82. The minimum Gasteiger partial charge on any atom is -0.493 e. The smallest absolute Gasteiger partial charge is 0.190 e. The Bertz CT molecular complexity index is 616. The Morgan fingerprint density at radius 1 is 1.10 bits per heavy atom. The molecule has 5 nitrogen and oxygen atoms in total. The molecule has 0 radical (unpaired) electrons. The third-order valence-corrected chi connectivity index (χ3v) is 5.70. The summed E-state index contributed by atoms with van der Waals surface area (Å²) in [6, 6.07) is 6.53. The van der Waals surface area contributed by atoms with Crippen molar-refractivity contribution in [1.82, 2.24) is 10.6 Å². The molecule has 1 saturated carbocycles. The van der Waals surface area contributed by atoms with Crippen molar-refractivity contribution in [3.05, 3.63) is 29.3 Å². The average Bonchev–Trinajstić information content (AvgIpc) is 3.03. The Labute approximate surface area is 193 Å². The lowest BCUT2D eigenvalue weighted by Gasteiger charge is -2.15. The fourth-order valence-corrected chi connectivity index (χ4v) is 4.03. The van der Waals surface area contributed by atoms with Gasteiger partial charge in [-0.2, -0.15) is 0 Å². The fraction of sp³-hybridized carbons (Fsp3) is 0.696. The van der Waals surface area contributed by atoms with Crippen LogP contribution in [-0.4, -0.2) is 45.4 Å². The molecule has 0 spiro atoms. The number of benzene rings is 1. The molecule has 1 aromatic rings. The molecule has 2 N–H and O–H groups in total. The molecule has 6 heteroatoms. The fourth-order valence-electron chi connectivity index (χ4n) is 4.03. The van der Waals surface area contributed by atoms with Crippen LogP contribution >= 0.6 is 24.0 Å². The van der Waals surface area contributed by atoms with E-state index in [-0.39, 0.29) is 24.0 Å². The summed E-state index contributed by atoms with van der Waals surface area (Å²) in [7, 11) is 1.83. The quantitative estimate of drug-likeness (QED) is 0.168. The Balaban J connectivity index is 0.00000300. The molecule has 1 fully saturated rings. The number of nitrogens with zero attached hydrogens (tertiary/aromatic N) is 1. The van der Waals surface area contributed by atoms with Crippen LogP contribution in [0.3, 0.4) is 0 Å². The average molecular weight is 515 g/mol. The zero-order chi connectivity index (χ0) is 19.4. The van der Waals surface area contributed by atoms with E-state index in [1.54, 1.807) is 0 Å². The molecular formula is C23H38IN3O2. The summed E-state index contributed by atoms with van der Waals surface area (Å²) < 4.78 is 11.6. The number of nitrogens with one attached hydrogen (secondary N) is 2. The number of guanidine groups is 1. The molecule has 29 heavy (non-hydrogen) atoms. The summed E-state index contributed by atoms with van der Waals surface area (Å²) >= 11 is 0. The largest absolute Gasteiger partial charge is 0.493 e. The van der Waals surface area contributed by atoms with Crippen LogP contribution in [-0.2, 0) is 17.6 Å². The minimum atomic E-state index is 0. The third kappa shape index (κ3) is 8.70. The van der Waals surface area contributed by atoms with E-state index in [0.717, 1.165) is 63.7 Å². The van der Waals surface area contributed by atoms with E-state index in [0.29, 0.717) is 6.10 Å². The van der Waals surface area contributed by atoms with Crippen LogP contribution in [0.25, 0.3) is 0 Å². The van der Waals surface area contributed by atoms with E-state index < -0.39 is 0 Å². The molecule has 0 amide bonds. The van der Waals surface area contributed by atoms with Gasteiger partial charge in [-0.3, -0.25) is 4.99 Å². The Kier molecular flexibility index (Phi) is 11.8. The summed E-state index contributed by atoms with van der Waals surface area (Å²) in [5.41, 5.74) is 2.69. The lowest BCUT2D eigenvalue weighted by atomic mass is 10.1. The molecule has 2 aliphatic rings. The van der Waals surface area contributed by atoms with Gasteiger partial charge in [0.2, 0.25) is 0 Å². The van der Waals surface area contributed by atoms with Crippen molar-refractivity contribution < 1.29 is 9.47 Å². The summed E-state index contributed by atoms with van der Waals surface area (Å²) in [6.45, 7) is 3.52. The van der Waals surface area contributed by atoms with Crippen molar-refractivity contribution in [3.8, 4) is 5.75 Å². The molecule has 0 saturated heterocycles. The highest BCUT2D eigenvalue weighted by Crippen LogP contribution is 2.25. The van der Waals surface area contributed by atoms with E-state index in [1.807, 2.05) is 7.05 Å². The van der Waals surface area contributed by atoms with Gasteiger partial charge in [0.1, 0.15) is 5.75 Å². The lowest BCUT2D eigenvalue weighted by Crippen LogP contribution is -2.38. The van der Waals surface area contributed by atoms with Crippen LogP contribution in [0, 0.1) is 0 Å². The lowest BCUT2D eigenvalue weighted by molar-refractivity contribution is 0.0411. The van der Waals surface area contributed by atoms with Crippen LogP contribution in [0.1, 0.15) is 62.5 Å². The van der Waals surface area contributed by atoms with Gasteiger partial charge in [0.15, 0.2) is 5.96 Å². The van der Waals surface area contributed by atoms with Gasteiger partial charge < -0.3 is 20.1 Å².